The molecule has 0 spiro atoms. The molecule has 0 aliphatic carbocycles. The molecule has 0 saturated carbocycles. The fourth-order valence-corrected chi connectivity index (χ4v) is 3.71. The first-order chi connectivity index (χ1) is 15.4. The summed E-state index contributed by atoms with van der Waals surface area (Å²) in [5, 5.41) is 5.03. The highest BCUT2D eigenvalue weighted by Crippen LogP contribution is 2.19. The van der Waals surface area contributed by atoms with Gasteiger partial charge >= 0.3 is 0 Å². The highest BCUT2D eigenvalue weighted by Gasteiger charge is 2.14. The smallest absolute Gasteiger partial charge is 0.274 e. The first-order valence-electron chi connectivity index (χ1n) is 9.83. The zero-order valence-electron chi connectivity index (χ0n) is 17.4. The Morgan fingerprint density at radius 3 is 2.66 bits per heavy atom. The predicted octanol–water partition coefficient (Wildman–Crippen LogP) is 4.87. The average molecular weight is 455 g/mol. The summed E-state index contributed by atoms with van der Waals surface area (Å²) in [6.07, 6.45) is 9.08. The number of nitrogens with one attached hydrogen (secondary N) is 1. The van der Waals surface area contributed by atoms with Gasteiger partial charge in [0.1, 0.15) is 5.69 Å². The Bertz CT molecular complexity index is 1250. The molecule has 0 atom stereocenters. The molecule has 1 amide bonds. The summed E-state index contributed by atoms with van der Waals surface area (Å²) >= 11 is 1.30. The van der Waals surface area contributed by atoms with Crippen molar-refractivity contribution >= 4 is 34.5 Å². The Kier molecular flexibility index (Phi) is 6.22. The van der Waals surface area contributed by atoms with Crippen LogP contribution in [-0.4, -0.2) is 30.0 Å². The van der Waals surface area contributed by atoms with Gasteiger partial charge in [0.2, 0.25) is 11.9 Å². The van der Waals surface area contributed by atoms with Gasteiger partial charge in [-0.1, -0.05) is 0 Å². The van der Waals surface area contributed by atoms with E-state index in [9.17, 15) is 13.6 Å². The van der Waals surface area contributed by atoms with Crippen LogP contribution in [0, 0.1) is 11.9 Å². The SMILES string of the molecule is CC(C)n1cnc(/C=C/c2csc(NC(=O)c3cccn3Cc3cc(F)nc(F)c3)n2)c1. The Morgan fingerprint density at radius 2 is 1.94 bits per heavy atom. The van der Waals surface area contributed by atoms with Crippen LogP contribution in [0.1, 0.15) is 47.3 Å². The van der Waals surface area contributed by atoms with E-state index in [1.165, 1.54) is 11.3 Å². The molecule has 164 valence electrons. The van der Waals surface area contributed by atoms with Crippen LogP contribution in [0.15, 0.2) is 48.4 Å². The van der Waals surface area contributed by atoms with Crippen molar-refractivity contribution in [2.75, 3.05) is 5.32 Å². The second-order valence-corrected chi connectivity index (χ2v) is 8.20. The molecular formula is C22H20F2N6OS. The Labute approximate surface area is 187 Å². The van der Waals surface area contributed by atoms with Gasteiger partial charge in [-0.15, -0.1) is 11.3 Å². The summed E-state index contributed by atoms with van der Waals surface area (Å²) in [5.74, 6) is -2.18. The monoisotopic (exact) mass is 454 g/mol. The Hall–Kier alpha value is -3.66. The highest BCUT2D eigenvalue weighted by molar-refractivity contribution is 7.14. The molecule has 0 aliphatic heterocycles. The lowest BCUT2D eigenvalue weighted by molar-refractivity contribution is 0.101. The maximum absolute atomic E-state index is 13.4. The summed E-state index contributed by atoms with van der Waals surface area (Å²) in [4.78, 5) is 24.5. The molecule has 1 N–H and O–H groups in total. The number of thiazole rings is 1. The molecule has 0 bridgehead atoms. The number of anilines is 1. The number of carbonyl (C=O) groups excluding carboxylic acids is 1. The highest BCUT2D eigenvalue weighted by atomic mass is 32.1. The first-order valence-corrected chi connectivity index (χ1v) is 10.7. The Morgan fingerprint density at radius 1 is 1.19 bits per heavy atom. The molecule has 0 aromatic carbocycles. The third-order valence-electron chi connectivity index (χ3n) is 4.62. The minimum atomic E-state index is -0.905. The van der Waals surface area contributed by atoms with Crippen LogP contribution < -0.4 is 5.32 Å². The maximum Gasteiger partial charge on any atom is 0.274 e. The van der Waals surface area contributed by atoms with Crippen LogP contribution in [0.5, 0.6) is 0 Å². The first kappa shape index (κ1) is 21.6. The van der Waals surface area contributed by atoms with Crippen molar-refractivity contribution in [1.82, 2.24) is 24.1 Å². The number of rotatable bonds is 7. The summed E-state index contributed by atoms with van der Waals surface area (Å²) in [6.45, 7) is 4.28. The quantitative estimate of drug-likeness (QED) is 0.404. The van der Waals surface area contributed by atoms with Gasteiger partial charge in [0.25, 0.3) is 5.91 Å². The zero-order chi connectivity index (χ0) is 22.7. The molecular weight excluding hydrogens is 434 g/mol. The molecule has 7 nitrogen and oxygen atoms in total. The van der Waals surface area contributed by atoms with E-state index in [1.807, 2.05) is 28.3 Å². The van der Waals surface area contributed by atoms with Crippen LogP contribution >= 0.6 is 11.3 Å². The largest absolute Gasteiger partial charge is 0.339 e. The van der Waals surface area contributed by atoms with Crippen molar-refractivity contribution in [2.45, 2.75) is 26.4 Å². The van der Waals surface area contributed by atoms with Crippen LogP contribution in [0.25, 0.3) is 12.2 Å². The van der Waals surface area contributed by atoms with Gasteiger partial charge in [0.15, 0.2) is 5.13 Å². The lowest BCUT2D eigenvalue weighted by Gasteiger charge is -2.09. The van der Waals surface area contributed by atoms with Crippen molar-refractivity contribution in [3.8, 4) is 0 Å². The number of pyridine rings is 1. The van der Waals surface area contributed by atoms with Crippen molar-refractivity contribution in [1.29, 1.82) is 0 Å². The molecule has 4 heterocycles. The van der Waals surface area contributed by atoms with E-state index >= 15 is 0 Å². The summed E-state index contributed by atoms with van der Waals surface area (Å²) in [5.41, 5.74) is 2.22. The summed E-state index contributed by atoms with van der Waals surface area (Å²) < 4.78 is 30.3. The molecule has 0 aliphatic rings. The minimum Gasteiger partial charge on any atom is -0.339 e. The fourth-order valence-electron chi connectivity index (χ4n) is 3.03. The number of halogens is 2. The molecule has 0 saturated heterocycles. The summed E-state index contributed by atoms with van der Waals surface area (Å²) in [6, 6.07) is 5.92. The molecule has 4 aromatic heterocycles. The number of carbonyl (C=O) groups is 1. The van der Waals surface area contributed by atoms with Crippen molar-refractivity contribution in [2.24, 2.45) is 0 Å². The number of aromatic nitrogens is 5. The van der Waals surface area contributed by atoms with E-state index in [-0.39, 0.29) is 12.5 Å². The normalized spacial score (nSPS) is 11.5. The second kappa shape index (κ2) is 9.23. The Balaban J connectivity index is 1.42. The average Bonchev–Trinajstić information content (AvgIpc) is 3.46. The number of imidazole rings is 1. The van der Waals surface area contributed by atoms with Crippen LogP contribution in [0.4, 0.5) is 13.9 Å². The van der Waals surface area contributed by atoms with Gasteiger partial charge < -0.3 is 9.13 Å². The molecule has 10 heteroatoms. The van der Waals surface area contributed by atoms with Crippen LogP contribution in [0.2, 0.25) is 0 Å². The number of hydrogen-bond donors (Lipinski definition) is 1. The molecule has 0 fully saturated rings. The van der Waals surface area contributed by atoms with Gasteiger partial charge in [-0.05, 0) is 55.8 Å². The van der Waals surface area contributed by atoms with Crippen LogP contribution in [0.3, 0.4) is 0 Å². The van der Waals surface area contributed by atoms with Crippen molar-refractivity contribution in [3.63, 3.8) is 0 Å². The lowest BCUT2D eigenvalue weighted by atomic mass is 10.2. The van der Waals surface area contributed by atoms with Crippen molar-refractivity contribution < 1.29 is 13.6 Å². The van der Waals surface area contributed by atoms with Gasteiger partial charge in [0.05, 0.1) is 17.7 Å². The summed E-state index contributed by atoms with van der Waals surface area (Å²) in [7, 11) is 0. The molecule has 32 heavy (non-hydrogen) atoms. The lowest BCUT2D eigenvalue weighted by Crippen LogP contribution is -2.17. The van der Waals surface area contributed by atoms with Crippen LogP contribution in [-0.2, 0) is 6.54 Å². The van der Waals surface area contributed by atoms with E-state index in [4.69, 9.17) is 0 Å². The van der Waals surface area contributed by atoms with Gasteiger partial charge in [-0.25, -0.2) is 9.97 Å². The van der Waals surface area contributed by atoms with E-state index < -0.39 is 11.9 Å². The van der Waals surface area contributed by atoms with Gasteiger partial charge in [-0.3, -0.25) is 10.1 Å². The fraction of sp³-hybridized carbons (Fsp3) is 0.182. The van der Waals surface area contributed by atoms with Crippen molar-refractivity contribution in [3.05, 3.63) is 82.9 Å². The molecule has 4 rings (SSSR count). The third kappa shape index (κ3) is 5.14. The number of nitrogens with zero attached hydrogens (tertiary/aromatic N) is 5. The molecule has 0 radical (unpaired) electrons. The van der Waals surface area contributed by atoms with Gasteiger partial charge in [-0.2, -0.15) is 13.8 Å². The van der Waals surface area contributed by atoms with E-state index in [2.05, 4.69) is 34.1 Å². The third-order valence-corrected chi connectivity index (χ3v) is 5.40. The topological polar surface area (TPSA) is 77.6 Å². The standard InChI is InChI=1S/C22H20F2N6OS/c1-14(2)30-11-16(25-13-30)5-6-17-12-32-22(26-17)28-21(31)18-4-3-7-29(18)10-15-8-19(23)27-20(24)9-15/h3-9,11-14H,10H2,1-2H3,(H,26,28,31)/b6-5+. The zero-order valence-corrected chi connectivity index (χ0v) is 18.2. The van der Waals surface area contributed by atoms with E-state index in [0.29, 0.717) is 28.1 Å². The maximum atomic E-state index is 13.4. The minimum absolute atomic E-state index is 0.126. The molecule has 4 aromatic rings. The van der Waals surface area contributed by atoms with E-state index in [0.717, 1.165) is 17.8 Å². The number of amides is 1. The van der Waals surface area contributed by atoms with Gasteiger partial charge in [0, 0.05) is 30.4 Å². The predicted molar refractivity (Wildman–Crippen MR) is 119 cm³/mol. The molecule has 0 unspecified atom stereocenters. The van der Waals surface area contributed by atoms with E-state index in [1.54, 1.807) is 29.2 Å². The second-order valence-electron chi connectivity index (χ2n) is 7.35. The number of hydrogen-bond acceptors (Lipinski definition) is 5.